The SMILES string of the molecule is [CH2]n1c(=O)[nH]c2ccccc2c1=O. The van der Waals surface area contributed by atoms with Gasteiger partial charge in [-0.25, -0.2) is 4.79 Å². The van der Waals surface area contributed by atoms with Crippen LogP contribution in [0.2, 0.25) is 0 Å². The van der Waals surface area contributed by atoms with E-state index in [1.165, 1.54) is 0 Å². The zero-order valence-corrected chi connectivity index (χ0v) is 6.78. The van der Waals surface area contributed by atoms with E-state index >= 15 is 0 Å². The van der Waals surface area contributed by atoms with Gasteiger partial charge in [-0.2, -0.15) is 0 Å². The van der Waals surface area contributed by atoms with Crippen LogP contribution in [0.25, 0.3) is 10.9 Å². The van der Waals surface area contributed by atoms with Crippen molar-refractivity contribution < 1.29 is 0 Å². The molecule has 2 rings (SSSR count). The Morgan fingerprint density at radius 3 is 2.69 bits per heavy atom. The fourth-order valence-corrected chi connectivity index (χ4v) is 1.20. The van der Waals surface area contributed by atoms with Crippen molar-refractivity contribution in [1.82, 2.24) is 9.55 Å². The van der Waals surface area contributed by atoms with Gasteiger partial charge in [-0.05, 0) is 12.1 Å². The summed E-state index contributed by atoms with van der Waals surface area (Å²) in [6.45, 7) is 0. The zero-order chi connectivity index (χ0) is 9.42. The van der Waals surface area contributed by atoms with Crippen molar-refractivity contribution in [2.24, 2.45) is 0 Å². The van der Waals surface area contributed by atoms with Crippen LogP contribution in [0.1, 0.15) is 0 Å². The van der Waals surface area contributed by atoms with Gasteiger partial charge in [-0.1, -0.05) is 12.1 Å². The van der Waals surface area contributed by atoms with Crippen molar-refractivity contribution in [1.29, 1.82) is 0 Å². The number of fused-ring (bicyclic) bond motifs is 1. The van der Waals surface area contributed by atoms with Crippen LogP contribution in [-0.2, 0) is 0 Å². The average Bonchev–Trinajstić information content (AvgIpc) is 2.15. The molecule has 1 aromatic carbocycles. The first-order valence-electron chi connectivity index (χ1n) is 3.75. The maximum atomic E-state index is 11.4. The predicted octanol–water partition coefficient (Wildman–Crippen LogP) is 0.329. The van der Waals surface area contributed by atoms with Gasteiger partial charge in [0.25, 0.3) is 5.56 Å². The first kappa shape index (κ1) is 7.79. The van der Waals surface area contributed by atoms with Gasteiger partial charge in [0.05, 0.1) is 10.9 Å². The molecule has 0 atom stereocenters. The number of nitrogens with one attached hydrogen (secondary N) is 1. The Kier molecular flexibility index (Phi) is 1.55. The number of benzene rings is 1. The van der Waals surface area contributed by atoms with Crippen molar-refractivity contribution in [2.45, 2.75) is 0 Å². The molecule has 0 aliphatic heterocycles. The molecule has 1 N–H and O–H groups in total. The summed E-state index contributed by atoms with van der Waals surface area (Å²) in [5.74, 6) is 0. The Bertz CT molecular complexity index is 566. The first-order chi connectivity index (χ1) is 6.20. The lowest BCUT2D eigenvalue weighted by Gasteiger charge is -1.98. The molecule has 13 heavy (non-hydrogen) atoms. The molecule has 0 aliphatic rings. The molecule has 0 spiro atoms. The topological polar surface area (TPSA) is 54.9 Å². The summed E-state index contributed by atoms with van der Waals surface area (Å²) >= 11 is 0. The minimum atomic E-state index is -0.497. The van der Waals surface area contributed by atoms with E-state index in [0.717, 1.165) is 4.57 Å². The van der Waals surface area contributed by atoms with Crippen molar-refractivity contribution in [2.75, 3.05) is 0 Å². The molecule has 0 saturated heterocycles. The summed E-state index contributed by atoms with van der Waals surface area (Å²) in [5.41, 5.74) is -0.333. The van der Waals surface area contributed by atoms with Crippen LogP contribution in [-0.4, -0.2) is 9.55 Å². The Hall–Kier alpha value is -1.84. The fraction of sp³-hybridized carbons (Fsp3) is 0. The van der Waals surface area contributed by atoms with E-state index < -0.39 is 5.69 Å². The monoisotopic (exact) mass is 175 g/mol. The van der Waals surface area contributed by atoms with Gasteiger partial charge in [0.15, 0.2) is 0 Å². The van der Waals surface area contributed by atoms with Gasteiger partial charge < -0.3 is 4.98 Å². The molecule has 65 valence electrons. The minimum Gasteiger partial charge on any atom is -0.307 e. The summed E-state index contributed by atoms with van der Waals surface area (Å²) < 4.78 is 0.808. The number of hydrogen-bond donors (Lipinski definition) is 1. The smallest absolute Gasteiger partial charge is 0.307 e. The number of aromatic amines is 1. The van der Waals surface area contributed by atoms with Gasteiger partial charge in [0, 0.05) is 7.05 Å². The second kappa shape index (κ2) is 2.58. The highest BCUT2D eigenvalue weighted by molar-refractivity contribution is 5.76. The first-order valence-corrected chi connectivity index (χ1v) is 3.75. The van der Waals surface area contributed by atoms with E-state index in [4.69, 9.17) is 0 Å². The number of para-hydroxylation sites is 1. The molecule has 0 bridgehead atoms. The zero-order valence-electron chi connectivity index (χ0n) is 6.78. The van der Waals surface area contributed by atoms with Crippen LogP contribution < -0.4 is 11.2 Å². The number of H-pyrrole nitrogens is 1. The summed E-state index contributed by atoms with van der Waals surface area (Å²) in [4.78, 5) is 25.1. The van der Waals surface area contributed by atoms with Gasteiger partial charge in [-0.15, -0.1) is 0 Å². The molecular weight excluding hydrogens is 168 g/mol. The summed E-state index contributed by atoms with van der Waals surface area (Å²) in [6.07, 6.45) is 0. The second-order valence-corrected chi connectivity index (χ2v) is 2.71. The van der Waals surface area contributed by atoms with Crippen molar-refractivity contribution >= 4 is 10.9 Å². The molecule has 0 saturated carbocycles. The Morgan fingerprint density at radius 2 is 1.92 bits per heavy atom. The molecule has 1 aromatic heterocycles. The summed E-state index contributed by atoms with van der Waals surface area (Å²) in [7, 11) is 3.33. The van der Waals surface area contributed by atoms with E-state index in [1.54, 1.807) is 24.3 Å². The lowest BCUT2D eigenvalue weighted by atomic mass is 10.2. The van der Waals surface area contributed by atoms with Crippen LogP contribution in [0, 0.1) is 7.05 Å². The van der Waals surface area contributed by atoms with Crippen LogP contribution in [0.15, 0.2) is 33.9 Å². The van der Waals surface area contributed by atoms with E-state index in [0.29, 0.717) is 10.9 Å². The quantitative estimate of drug-likeness (QED) is 0.627. The standard InChI is InChI=1S/C9H7N2O2/c1-11-8(12)6-4-2-3-5-7(6)10-9(11)13/h2-5H,1H2,(H,10,13). The lowest BCUT2D eigenvalue weighted by Crippen LogP contribution is -2.31. The highest BCUT2D eigenvalue weighted by Gasteiger charge is 2.01. The second-order valence-electron chi connectivity index (χ2n) is 2.71. The largest absolute Gasteiger partial charge is 0.328 e. The third-order valence-electron chi connectivity index (χ3n) is 1.89. The van der Waals surface area contributed by atoms with Crippen LogP contribution in [0.5, 0.6) is 0 Å². The van der Waals surface area contributed by atoms with E-state index in [-0.39, 0.29) is 5.56 Å². The highest BCUT2D eigenvalue weighted by Crippen LogP contribution is 2.02. The van der Waals surface area contributed by atoms with Crippen molar-refractivity contribution in [3.05, 3.63) is 52.2 Å². The number of hydrogen-bond acceptors (Lipinski definition) is 2. The Labute approximate surface area is 73.5 Å². The van der Waals surface area contributed by atoms with Crippen LogP contribution in [0.4, 0.5) is 0 Å². The minimum absolute atomic E-state index is 0.376. The van der Waals surface area contributed by atoms with E-state index in [9.17, 15) is 9.59 Å². The lowest BCUT2D eigenvalue weighted by molar-refractivity contribution is 0.899. The van der Waals surface area contributed by atoms with Crippen LogP contribution in [0.3, 0.4) is 0 Å². The third-order valence-corrected chi connectivity index (χ3v) is 1.89. The molecule has 4 heteroatoms. The molecule has 0 unspecified atom stereocenters. The number of nitrogens with zero attached hydrogens (tertiary/aromatic N) is 1. The maximum Gasteiger partial charge on any atom is 0.328 e. The number of aromatic nitrogens is 2. The molecular formula is C9H7N2O2. The van der Waals surface area contributed by atoms with Crippen molar-refractivity contribution in [3.8, 4) is 0 Å². The maximum absolute atomic E-state index is 11.4. The van der Waals surface area contributed by atoms with Gasteiger partial charge in [0.1, 0.15) is 0 Å². The molecule has 0 fully saturated rings. The summed E-state index contributed by atoms with van der Waals surface area (Å²) in [6, 6.07) is 6.82. The highest BCUT2D eigenvalue weighted by atomic mass is 16.2. The third kappa shape index (κ3) is 1.07. The molecule has 2 aromatic rings. The number of rotatable bonds is 0. The van der Waals surface area contributed by atoms with Gasteiger partial charge in [0.2, 0.25) is 0 Å². The molecule has 0 aliphatic carbocycles. The molecule has 4 nitrogen and oxygen atoms in total. The van der Waals surface area contributed by atoms with E-state index in [1.807, 2.05) is 0 Å². The van der Waals surface area contributed by atoms with Gasteiger partial charge >= 0.3 is 5.69 Å². The van der Waals surface area contributed by atoms with Gasteiger partial charge in [-0.3, -0.25) is 9.36 Å². The fourth-order valence-electron chi connectivity index (χ4n) is 1.20. The van der Waals surface area contributed by atoms with Crippen LogP contribution >= 0.6 is 0 Å². The predicted molar refractivity (Wildman–Crippen MR) is 49.6 cm³/mol. The molecule has 0 amide bonds. The Balaban J connectivity index is 3.12. The molecule has 1 heterocycles. The normalized spacial score (nSPS) is 10.5. The summed E-state index contributed by atoms with van der Waals surface area (Å²) in [5, 5.41) is 0.470. The van der Waals surface area contributed by atoms with E-state index in [2.05, 4.69) is 12.0 Å². The molecule has 1 radical (unpaired) electrons. The Morgan fingerprint density at radius 1 is 1.23 bits per heavy atom. The average molecular weight is 175 g/mol. The van der Waals surface area contributed by atoms with Crippen molar-refractivity contribution in [3.63, 3.8) is 0 Å².